The second-order valence-corrected chi connectivity index (χ2v) is 2.73. The van der Waals surface area contributed by atoms with E-state index in [1.807, 2.05) is 0 Å². The van der Waals surface area contributed by atoms with Crippen LogP contribution in [0.1, 0.15) is 16.1 Å². The van der Waals surface area contributed by atoms with Crippen molar-refractivity contribution in [2.75, 3.05) is 0 Å². The highest BCUT2D eigenvalue weighted by Gasteiger charge is 2.42. The van der Waals surface area contributed by atoms with E-state index in [0.29, 0.717) is 0 Å². The van der Waals surface area contributed by atoms with Gasteiger partial charge in [0.05, 0.1) is 0 Å². The highest BCUT2D eigenvalue weighted by atomic mass is 19.4. The molecule has 1 aromatic heterocycles. The SMILES string of the molecule is Cc1cc(O)c(C(=O)C(F)(F)F)c(=O)o1. The molecule has 82 valence electrons. The predicted octanol–water partition coefficient (Wildman–Crippen LogP) is 1.40. The van der Waals surface area contributed by atoms with Crippen molar-refractivity contribution >= 4 is 5.78 Å². The van der Waals surface area contributed by atoms with Gasteiger partial charge in [-0.15, -0.1) is 0 Å². The summed E-state index contributed by atoms with van der Waals surface area (Å²) in [6.07, 6.45) is -5.22. The quantitative estimate of drug-likeness (QED) is 0.729. The largest absolute Gasteiger partial charge is 0.507 e. The minimum Gasteiger partial charge on any atom is -0.507 e. The van der Waals surface area contributed by atoms with Crippen LogP contribution in [0, 0.1) is 6.92 Å². The van der Waals surface area contributed by atoms with Gasteiger partial charge < -0.3 is 9.52 Å². The molecule has 1 heterocycles. The smallest absolute Gasteiger partial charge is 0.455 e. The molecule has 0 fully saturated rings. The summed E-state index contributed by atoms with van der Waals surface area (Å²) in [5.74, 6) is -3.55. The van der Waals surface area contributed by atoms with Crippen LogP contribution in [0.2, 0.25) is 0 Å². The van der Waals surface area contributed by atoms with E-state index in [0.717, 1.165) is 6.07 Å². The fourth-order valence-electron chi connectivity index (χ4n) is 0.947. The molecule has 1 rings (SSSR count). The molecule has 1 N–H and O–H groups in total. The molecule has 0 amide bonds. The highest BCUT2D eigenvalue weighted by Crippen LogP contribution is 2.25. The van der Waals surface area contributed by atoms with Crippen LogP contribution >= 0.6 is 0 Å². The summed E-state index contributed by atoms with van der Waals surface area (Å²) in [6.45, 7) is 1.25. The summed E-state index contributed by atoms with van der Waals surface area (Å²) < 4.78 is 40.1. The maximum Gasteiger partial charge on any atom is 0.455 e. The van der Waals surface area contributed by atoms with Gasteiger partial charge >= 0.3 is 11.8 Å². The number of carbonyl (C=O) groups is 1. The van der Waals surface area contributed by atoms with Gasteiger partial charge in [-0.25, -0.2) is 4.79 Å². The number of aryl methyl sites for hydroxylation is 1. The van der Waals surface area contributed by atoms with Crippen LogP contribution in [0.15, 0.2) is 15.3 Å². The molecule has 15 heavy (non-hydrogen) atoms. The number of rotatable bonds is 1. The van der Waals surface area contributed by atoms with Gasteiger partial charge in [-0.3, -0.25) is 4.79 Å². The topological polar surface area (TPSA) is 67.5 Å². The lowest BCUT2D eigenvalue weighted by atomic mass is 10.1. The van der Waals surface area contributed by atoms with Crippen molar-refractivity contribution in [2.45, 2.75) is 13.1 Å². The lowest BCUT2D eigenvalue weighted by Crippen LogP contribution is -2.28. The average Bonchev–Trinajstić information content (AvgIpc) is 1.99. The zero-order valence-corrected chi connectivity index (χ0v) is 7.38. The first-order chi connectivity index (χ1) is 6.73. The van der Waals surface area contributed by atoms with Crippen molar-refractivity contribution in [3.05, 3.63) is 27.8 Å². The van der Waals surface area contributed by atoms with Crippen LogP contribution < -0.4 is 5.63 Å². The third-order valence-corrected chi connectivity index (χ3v) is 1.54. The van der Waals surface area contributed by atoms with Crippen molar-refractivity contribution in [3.8, 4) is 5.75 Å². The minimum atomic E-state index is -5.22. The van der Waals surface area contributed by atoms with Gasteiger partial charge in [-0.2, -0.15) is 13.2 Å². The van der Waals surface area contributed by atoms with Gasteiger partial charge in [-0.05, 0) is 6.92 Å². The van der Waals surface area contributed by atoms with Gasteiger partial charge in [0.2, 0.25) is 0 Å². The number of hydrogen-bond donors (Lipinski definition) is 1. The molecule has 0 aliphatic heterocycles. The molecule has 0 aliphatic carbocycles. The van der Waals surface area contributed by atoms with Gasteiger partial charge in [0, 0.05) is 6.07 Å². The molecule has 0 atom stereocenters. The maximum atomic E-state index is 12.0. The van der Waals surface area contributed by atoms with Crippen molar-refractivity contribution in [3.63, 3.8) is 0 Å². The summed E-state index contributed by atoms with van der Waals surface area (Å²) >= 11 is 0. The molecule has 0 unspecified atom stereocenters. The van der Waals surface area contributed by atoms with Crippen LogP contribution in [-0.4, -0.2) is 17.1 Å². The first-order valence-corrected chi connectivity index (χ1v) is 3.68. The Labute approximate surface area is 80.9 Å². The van der Waals surface area contributed by atoms with Crippen molar-refractivity contribution in [2.24, 2.45) is 0 Å². The van der Waals surface area contributed by atoms with E-state index >= 15 is 0 Å². The number of aromatic hydroxyl groups is 1. The second kappa shape index (κ2) is 3.41. The van der Waals surface area contributed by atoms with Crippen LogP contribution in [0.4, 0.5) is 13.2 Å². The Morgan fingerprint density at radius 3 is 2.40 bits per heavy atom. The van der Waals surface area contributed by atoms with E-state index in [1.54, 1.807) is 0 Å². The second-order valence-electron chi connectivity index (χ2n) is 2.73. The van der Waals surface area contributed by atoms with E-state index in [9.17, 15) is 22.8 Å². The van der Waals surface area contributed by atoms with Gasteiger partial charge in [0.1, 0.15) is 11.5 Å². The fourth-order valence-corrected chi connectivity index (χ4v) is 0.947. The van der Waals surface area contributed by atoms with Crippen LogP contribution in [0.25, 0.3) is 0 Å². The first kappa shape index (κ1) is 11.3. The van der Waals surface area contributed by atoms with Crippen molar-refractivity contribution in [1.82, 2.24) is 0 Å². The molecular weight excluding hydrogens is 217 g/mol. The van der Waals surface area contributed by atoms with Crippen molar-refractivity contribution in [1.29, 1.82) is 0 Å². The number of alkyl halides is 3. The Kier molecular flexibility index (Phi) is 2.57. The molecule has 7 heteroatoms. The molecule has 0 bridgehead atoms. The lowest BCUT2D eigenvalue weighted by Gasteiger charge is -2.05. The Hall–Kier alpha value is -1.79. The zero-order valence-electron chi connectivity index (χ0n) is 7.38. The standard InChI is InChI=1S/C8H5F3O4/c1-3-2-4(12)5(7(14)15-3)6(13)8(9,10)11/h2,12H,1H3. The summed E-state index contributed by atoms with van der Waals surface area (Å²) in [5, 5.41) is 9.03. The molecule has 0 saturated carbocycles. The van der Waals surface area contributed by atoms with Crippen molar-refractivity contribution < 1.29 is 27.5 Å². The summed E-state index contributed by atoms with van der Waals surface area (Å²) in [7, 11) is 0. The van der Waals surface area contributed by atoms with Gasteiger partial charge in [-0.1, -0.05) is 0 Å². The van der Waals surface area contributed by atoms with Crippen LogP contribution in [0.5, 0.6) is 5.75 Å². The predicted molar refractivity (Wildman–Crippen MR) is 41.8 cm³/mol. The molecule has 1 aromatic rings. The number of carbonyl (C=O) groups excluding carboxylic acids is 1. The zero-order chi connectivity index (χ0) is 11.8. The maximum absolute atomic E-state index is 12.0. The number of ketones is 1. The Morgan fingerprint density at radius 1 is 1.47 bits per heavy atom. The molecule has 0 radical (unpaired) electrons. The lowest BCUT2D eigenvalue weighted by molar-refractivity contribution is -0.0889. The average molecular weight is 222 g/mol. The molecule has 0 aromatic carbocycles. The third-order valence-electron chi connectivity index (χ3n) is 1.54. The van der Waals surface area contributed by atoms with Crippen LogP contribution in [0.3, 0.4) is 0 Å². The van der Waals surface area contributed by atoms with E-state index < -0.39 is 28.9 Å². The molecule has 0 spiro atoms. The number of Topliss-reactive ketones (excluding diaryl/α,β-unsaturated/α-hetero) is 1. The monoisotopic (exact) mass is 222 g/mol. The van der Waals surface area contributed by atoms with E-state index in [2.05, 4.69) is 4.42 Å². The normalized spacial score (nSPS) is 11.5. The summed E-state index contributed by atoms with van der Waals surface area (Å²) in [5.41, 5.74) is -2.90. The molecule has 4 nitrogen and oxygen atoms in total. The number of hydrogen-bond acceptors (Lipinski definition) is 4. The summed E-state index contributed by atoms with van der Waals surface area (Å²) in [4.78, 5) is 21.6. The van der Waals surface area contributed by atoms with Crippen LogP contribution in [-0.2, 0) is 0 Å². The number of halogens is 3. The molecule has 0 aliphatic rings. The van der Waals surface area contributed by atoms with E-state index in [-0.39, 0.29) is 5.76 Å². The van der Waals surface area contributed by atoms with E-state index in [1.165, 1.54) is 6.92 Å². The Balaban J connectivity index is 3.40. The van der Waals surface area contributed by atoms with Gasteiger partial charge in [0.15, 0.2) is 5.56 Å². The minimum absolute atomic E-state index is 0.0868. The van der Waals surface area contributed by atoms with Gasteiger partial charge in [0.25, 0.3) is 5.78 Å². The Morgan fingerprint density at radius 2 is 2.00 bits per heavy atom. The Bertz CT molecular complexity index is 458. The fraction of sp³-hybridized carbons (Fsp3) is 0.250. The molecule has 0 saturated heterocycles. The van der Waals surface area contributed by atoms with E-state index in [4.69, 9.17) is 5.11 Å². The molecular formula is C8H5F3O4. The third kappa shape index (κ3) is 2.17. The summed E-state index contributed by atoms with van der Waals surface area (Å²) in [6, 6.07) is 0.764. The highest BCUT2D eigenvalue weighted by molar-refractivity contribution is 6.01. The first-order valence-electron chi connectivity index (χ1n) is 3.68.